The van der Waals surface area contributed by atoms with Gasteiger partial charge in [0.1, 0.15) is 0 Å². The Kier molecular flexibility index (Phi) is 6.39. The molecule has 4 nitrogen and oxygen atoms in total. The van der Waals surface area contributed by atoms with E-state index >= 15 is 0 Å². The minimum Gasteiger partial charge on any atom is -0.376 e. The van der Waals surface area contributed by atoms with Crippen molar-refractivity contribution in [2.45, 2.75) is 56.9 Å². The van der Waals surface area contributed by atoms with E-state index in [0.717, 1.165) is 37.7 Å². The number of rotatable bonds is 5. The van der Waals surface area contributed by atoms with Gasteiger partial charge in [0, 0.05) is 30.8 Å². The molecule has 1 aromatic carbocycles. The van der Waals surface area contributed by atoms with Crippen molar-refractivity contribution in [1.82, 2.24) is 10.2 Å². The Morgan fingerprint density at radius 1 is 1.24 bits per heavy atom. The summed E-state index contributed by atoms with van der Waals surface area (Å²) in [5.41, 5.74) is 1.05. The maximum Gasteiger partial charge on any atom is 0.0986 e. The fourth-order valence-corrected chi connectivity index (χ4v) is 4.05. The predicted molar refractivity (Wildman–Crippen MR) is 102 cm³/mol. The molecule has 0 spiro atoms. The molecule has 1 unspecified atom stereocenters. The minimum atomic E-state index is -0.267. The lowest BCUT2D eigenvalue weighted by Crippen LogP contribution is -2.61. The topological polar surface area (TPSA) is 33.7 Å². The highest BCUT2D eigenvalue weighted by molar-refractivity contribution is 6.30. The van der Waals surface area contributed by atoms with Crippen molar-refractivity contribution in [1.29, 1.82) is 0 Å². The van der Waals surface area contributed by atoms with Crippen LogP contribution in [0.1, 0.15) is 32.3 Å². The Balaban J connectivity index is 1.74. The second-order valence-corrected chi connectivity index (χ2v) is 8.23. The number of piperidine rings is 1. The molecule has 3 rings (SSSR count). The fraction of sp³-hybridized carbons (Fsp3) is 0.700. The van der Waals surface area contributed by atoms with E-state index in [-0.39, 0.29) is 11.7 Å². The summed E-state index contributed by atoms with van der Waals surface area (Å²) < 4.78 is 12.0. The van der Waals surface area contributed by atoms with Crippen molar-refractivity contribution < 1.29 is 9.47 Å². The van der Waals surface area contributed by atoms with Gasteiger partial charge in [-0.05, 0) is 63.9 Å². The SMILES string of the molecule is COC(C)(C)C1CN(C2CCNCC2)[C@@H](Cc2ccc(Cl)cc2)CO1. The van der Waals surface area contributed by atoms with E-state index in [1.807, 2.05) is 12.1 Å². The monoisotopic (exact) mass is 366 g/mol. The van der Waals surface area contributed by atoms with Gasteiger partial charge in [0.15, 0.2) is 0 Å². The van der Waals surface area contributed by atoms with Crippen molar-refractivity contribution in [3.63, 3.8) is 0 Å². The molecule has 1 N–H and O–H groups in total. The van der Waals surface area contributed by atoms with Crippen LogP contribution in [0, 0.1) is 0 Å². The minimum absolute atomic E-state index is 0.105. The zero-order valence-corrected chi connectivity index (χ0v) is 16.4. The molecule has 2 aliphatic rings. The Labute approximate surface area is 156 Å². The number of halogens is 1. The van der Waals surface area contributed by atoms with Crippen LogP contribution in [0.3, 0.4) is 0 Å². The molecule has 0 aliphatic carbocycles. The van der Waals surface area contributed by atoms with Crippen molar-refractivity contribution in [3.05, 3.63) is 34.9 Å². The molecule has 2 heterocycles. The molecule has 1 aromatic rings. The number of hydrogen-bond donors (Lipinski definition) is 1. The number of morpholine rings is 1. The standard InChI is InChI=1S/C20H31ClN2O2/c1-20(2,24-3)19-13-23(17-8-10-22-11-9-17)18(14-25-19)12-15-4-6-16(21)7-5-15/h4-7,17-19,22H,8-14H2,1-3H3/t18-,19?/m0/s1. The van der Waals surface area contributed by atoms with Gasteiger partial charge < -0.3 is 14.8 Å². The average Bonchev–Trinajstić information content (AvgIpc) is 2.64. The van der Waals surface area contributed by atoms with Crippen LogP contribution < -0.4 is 5.32 Å². The first-order chi connectivity index (χ1) is 12.0. The zero-order chi connectivity index (χ0) is 17.9. The summed E-state index contributed by atoms with van der Waals surface area (Å²) >= 11 is 6.03. The maximum atomic E-state index is 6.25. The molecule has 25 heavy (non-hydrogen) atoms. The van der Waals surface area contributed by atoms with Crippen LogP contribution in [0.15, 0.2) is 24.3 Å². The number of ether oxygens (including phenoxy) is 2. The van der Waals surface area contributed by atoms with Crippen LogP contribution in [-0.2, 0) is 15.9 Å². The first kappa shape index (κ1) is 19.1. The smallest absolute Gasteiger partial charge is 0.0986 e. The number of benzene rings is 1. The third kappa shape index (κ3) is 4.75. The molecule has 2 fully saturated rings. The number of hydrogen-bond acceptors (Lipinski definition) is 4. The van der Waals surface area contributed by atoms with Crippen molar-refractivity contribution in [2.75, 3.05) is 33.4 Å². The highest BCUT2D eigenvalue weighted by atomic mass is 35.5. The Hall–Kier alpha value is -0.650. The third-order valence-electron chi connectivity index (χ3n) is 5.80. The summed E-state index contributed by atoms with van der Waals surface area (Å²) in [4.78, 5) is 2.68. The van der Waals surface area contributed by atoms with Crippen molar-refractivity contribution >= 4 is 11.6 Å². The Morgan fingerprint density at radius 2 is 1.92 bits per heavy atom. The molecule has 0 bridgehead atoms. The van der Waals surface area contributed by atoms with E-state index in [4.69, 9.17) is 21.1 Å². The molecule has 2 aliphatic heterocycles. The third-order valence-corrected chi connectivity index (χ3v) is 6.05. The summed E-state index contributed by atoms with van der Waals surface area (Å²) in [7, 11) is 1.78. The van der Waals surface area contributed by atoms with E-state index in [2.05, 4.69) is 36.2 Å². The second kappa shape index (κ2) is 8.36. The van der Waals surface area contributed by atoms with Gasteiger partial charge in [-0.1, -0.05) is 23.7 Å². The highest BCUT2D eigenvalue weighted by Gasteiger charge is 2.40. The summed E-state index contributed by atoms with van der Waals surface area (Å²) in [5, 5.41) is 4.27. The largest absolute Gasteiger partial charge is 0.376 e. The van der Waals surface area contributed by atoms with Gasteiger partial charge in [-0.15, -0.1) is 0 Å². The van der Waals surface area contributed by atoms with Crippen molar-refractivity contribution in [2.24, 2.45) is 0 Å². The normalized spacial score (nSPS) is 26.7. The Morgan fingerprint density at radius 3 is 2.56 bits per heavy atom. The van der Waals surface area contributed by atoms with Crippen LogP contribution in [0.5, 0.6) is 0 Å². The summed E-state index contributed by atoms with van der Waals surface area (Å²) in [6, 6.07) is 9.26. The quantitative estimate of drug-likeness (QED) is 0.868. The highest BCUT2D eigenvalue weighted by Crippen LogP contribution is 2.28. The van der Waals surface area contributed by atoms with E-state index in [0.29, 0.717) is 12.1 Å². The molecule has 2 saturated heterocycles. The molecule has 2 atom stereocenters. The van der Waals surface area contributed by atoms with E-state index in [1.165, 1.54) is 18.4 Å². The molecule has 0 amide bonds. The van der Waals surface area contributed by atoms with Gasteiger partial charge in [0.05, 0.1) is 18.3 Å². The predicted octanol–water partition coefficient (Wildman–Crippen LogP) is 3.13. The van der Waals surface area contributed by atoms with Gasteiger partial charge in [0.2, 0.25) is 0 Å². The second-order valence-electron chi connectivity index (χ2n) is 7.79. The van der Waals surface area contributed by atoms with Gasteiger partial charge >= 0.3 is 0 Å². The number of nitrogens with zero attached hydrogens (tertiary/aromatic N) is 1. The van der Waals surface area contributed by atoms with E-state index < -0.39 is 0 Å². The van der Waals surface area contributed by atoms with E-state index in [9.17, 15) is 0 Å². The van der Waals surface area contributed by atoms with Crippen LogP contribution in [0.25, 0.3) is 0 Å². The molecule has 0 aromatic heterocycles. The summed E-state index contributed by atoms with van der Waals surface area (Å²) in [6.07, 6.45) is 3.52. The van der Waals surface area contributed by atoms with Crippen LogP contribution in [0.4, 0.5) is 0 Å². The van der Waals surface area contributed by atoms with Gasteiger partial charge in [-0.25, -0.2) is 0 Å². The van der Waals surface area contributed by atoms with Gasteiger partial charge in [0.25, 0.3) is 0 Å². The van der Waals surface area contributed by atoms with Crippen LogP contribution in [0.2, 0.25) is 5.02 Å². The van der Waals surface area contributed by atoms with Gasteiger partial charge in [-0.3, -0.25) is 4.90 Å². The molecule has 0 saturated carbocycles. The molecule has 5 heteroatoms. The lowest BCUT2D eigenvalue weighted by molar-refractivity contribution is -0.165. The van der Waals surface area contributed by atoms with Gasteiger partial charge in [-0.2, -0.15) is 0 Å². The molecule has 140 valence electrons. The first-order valence-electron chi connectivity index (χ1n) is 9.37. The maximum absolute atomic E-state index is 6.25. The lowest BCUT2D eigenvalue weighted by Gasteiger charge is -2.48. The molecule has 0 radical (unpaired) electrons. The van der Waals surface area contributed by atoms with Crippen molar-refractivity contribution in [3.8, 4) is 0 Å². The molecular formula is C20H31ClN2O2. The molecular weight excluding hydrogens is 336 g/mol. The van der Waals surface area contributed by atoms with Crippen LogP contribution in [-0.4, -0.2) is 62.0 Å². The number of methoxy groups -OCH3 is 1. The van der Waals surface area contributed by atoms with Crippen LogP contribution >= 0.6 is 11.6 Å². The first-order valence-corrected chi connectivity index (χ1v) is 9.75. The fourth-order valence-electron chi connectivity index (χ4n) is 3.92. The summed E-state index contributed by atoms with van der Waals surface area (Å²) in [6.45, 7) is 8.14. The summed E-state index contributed by atoms with van der Waals surface area (Å²) in [5.74, 6) is 0. The van der Waals surface area contributed by atoms with E-state index in [1.54, 1.807) is 7.11 Å². The lowest BCUT2D eigenvalue weighted by atomic mass is 9.93. The number of nitrogens with one attached hydrogen (secondary N) is 1. The average molecular weight is 367 g/mol. The Bertz CT molecular complexity index is 543. The zero-order valence-electron chi connectivity index (χ0n) is 15.6.